The van der Waals surface area contributed by atoms with Gasteiger partial charge in [-0.2, -0.15) is 0 Å². The molecule has 3 rings (SSSR count). The molecule has 0 aliphatic carbocycles. The topological polar surface area (TPSA) is 102 Å². The molecule has 1 fully saturated rings. The number of hydrogen-bond acceptors (Lipinski definition) is 4. The summed E-state index contributed by atoms with van der Waals surface area (Å²) < 4.78 is 19.4. The van der Waals surface area contributed by atoms with Gasteiger partial charge in [-0.1, -0.05) is 6.07 Å². The van der Waals surface area contributed by atoms with Crippen LogP contribution in [-0.2, 0) is 9.59 Å². The Kier molecular flexibility index (Phi) is 5.54. The molecule has 29 heavy (non-hydrogen) atoms. The fraction of sp³-hybridized carbons (Fsp3) is 0.286. The van der Waals surface area contributed by atoms with Gasteiger partial charge in [0.1, 0.15) is 11.6 Å². The van der Waals surface area contributed by atoms with E-state index in [0.717, 1.165) is 11.6 Å². The van der Waals surface area contributed by atoms with Crippen LogP contribution in [0, 0.1) is 25.6 Å². The number of methoxy groups -OCH3 is 1. The molecule has 8 heteroatoms. The number of aryl methyl sites for hydroxylation is 1. The zero-order valence-corrected chi connectivity index (χ0v) is 16.4. The SMILES string of the molecule is COc1ccc(C)cc1N1CC(C(=O)Nc2cc(C(N)=O)cc(F)c2C)CC1=O. The third-order valence-corrected chi connectivity index (χ3v) is 5.01. The van der Waals surface area contributed by atoms with Gasteiger partial charge in [0, 0.05) is 29.8 Å². The van der Waals surface area contributed by atoms with Crippen molar-refractivity contribution in [3.8, 4) is 5.75 Å². The fourth-order valence-corrected chi connectivity index (χ4v) is 3.31. The second-order valence-electron chi connectivity index (χ2n) is 7.06. The first-order valence-electron chi connectivity index (χ1n) is 9.07. The number of amides is 3. The Bertz CT molecular complexity index is 1010. The van der Waals surface area contributed by atoms with Crippen LogP contribution in [0.25, 0.3) is 0 Å². The number of primary amides is 1. The van der Waals surface area contributed by atoms with Crippen molar-refractivity contribution in [3.05, 3.63) is 52.8 Å². The number of carbonyl (C=O) groups excluding carboxylic acids is 3. The molecule has 3 N–H and O–H groups in total. The van der Waals surface area contributed by atoms with Gasteiger partial charge in [-0.3, -0.25) is 14.4 Å². The van der Waals surface area contributed by atoms with Gasteiger partial charge in [-0.05, 0) is 43.7 Å². The highest BCUT2D eigenvalue weighted by Crippen LogP contribution is 2.34. The number of nitrogens with zero attached hydrogens (tertiary/aromatic N) is 1. The molecule has 7 nitrogen and oxygen atoms in total. The van der Waals surface area contributed by atoms with Crippen LogP contribution in [0.2, 0.25) is 0 Å². The van der Waals surface area contributed by atoms with Gasteiger partial charge in [0.15, 0.2) is 0 Å². The number of anilines is 2. The van der Waals surface area contributed by atoms with Crippen molar-refractivity contribution in [2.75, 3.05) is 23.9 Å². The summed E-state index contributed by atoms with van der Waals surface area (Å²) in [6.45, 7) is 3.55. The molecule has 1 atom stereocenters. The van der Waals surface area contributed by atoms with E-state index in [4.69, 9.17) is 10.5 Å². The maximum Gasteiger partial charge on any atom is 0.248 e. The van der Waals surface area contributed by atoms with Crippen molar-refractivity contribution in [3.63, 3.8) is 0 Å². The lowest BCUT2D eigenvalue weighted by atomic mass is 10.1. The first-order chi connectivity index (χ1) is 13.7. The molecule has 0 radical (unpaired) electrons. The highest BCUT2D eigenvalue weighted by Gasteiger charge is 2.36. The standard InChI is InChI=1S/C21H22FN3O4/c1-11-4-5-18(29-3)17(6-11)25-10-14(9-19(25)26)21(28)24-16-8-13(20(23)27)7-15(22)12(16)2/h4-8,14H,9-10H2,1-3H3,(H2,23,27)(H,24,28). The summed E-state index contributed by atoms with van der Waals surface area (Å²) in [4.78, 5) is 38.2. The summed E-state index contributed by atoms with van der Waals surface area (Å²) in [5, 5.41) is 2.62. The van der Waals surface area contributed by atoms with Gasteiger partial charge >= 0.3 is 0 Å². The van der Waals surface area contributed by atoms with Crippen molar-refractivity contribution in [1.82, 2.24) is 0 Å². The molecule has 0 saturated carbocycles. The van der Waals surface area contributed by atoms with Crippen molar-refractivity contribution < 1.29 is 23.5 Å². The Labute approximate surface area is 167 Å². The second-order valence-corrected chi connectivity index (χ2v) is 7.06. The molecule has 1 aliphatic rings. The van der Waals surface area contributed by atoms with Crippen molar-refractivity contribution in [2.45, 2.75) is 20.3 Å². The van der Waals surface area contributed by atoms with E-state index < -0.39 is 23.5 Å². The van der Waals surface area contributed by atoms with Gasteiger partial charge in [-0.25, -0.2) is 4.39 Å². The second kappa shape index (κ2) is 7.90. The number of benzene rings is 2. The van der Waals surface area contributed by atoms with Crippen LogP contribution < -0.4 is 20.7 Å². The first-order valence-corrected chi connectivity index (χ1v) is 9.07. The van der Waals surface area contributed by atoms with Gasteiger partial charge in [0.2, 0.25) is 17.7 Å². The summed E-state index contributed by atoms with van der Waals surface area (Å²) in [6, 6.07) is 7.82. The van der Waals surface area contributed by atoms with E-state index in [0.29, 0.717) is 11.4 Å². The molecule has 0 bridgehead atoms. The van der Waals surface area contributed by atoms with Crippen LogP contribution in [-0.4, -0.2) is 31.4 Å². The summed E-state index contributed by atoms with van der Waals surface area (Å²) in [6.07, 6.45) is 0.0139. The van der Waals surface area contributed by atoms with Gasteiger partial charge in [0.05, 0.1) is 18.7 Å². The van der Waals surface area contributed by atoms with E-state index in [1.807, 2.05) is 19.1 Å². The summed E-state index contributed by atoms with van der Waals surface area (Å²) in [5.41, 5.74) is 7.07. The molecule has 1 heterocycles. The molecule has 3 amide bonds. The molecule has 2 aromatic carbocycles. The minimum absolute atomic E-state index is 0.0139. The van der Waals surface area contributed by atoms with E-state index >= 15 is 0 Å². The van der Waals surface area contributed by atoms with E-state index in [2.05, 4.69) is 5.32 Å². The Morgan fingerprint density at radius 3 is 2.62 bits per heavy atom. The molecular weight excluding hydrogens is 377 g/mol. The van der Waals surface area contributed by atoms with E-state index in [-0.39, 0.29) is 35.7 Å². The fourth-order valence-electron chi connectivity index (χ4n) is 3.31. The summed E-state index contributed by atoms with van der Waals surface area (Å²) in [7, 11) is 1.52. The lowest BCUT2D eigenvalue weighted by Crippen LogP contribution is -2.28. The molecule has 0 spiro atoms. The predicted octanol–water partition coefficient (Wildman–Crippen LogP) is 2.54. The smallest absolute Gasteiger partial charge is 0.248 e. The third-order valence-electron chi connectivity index (χ3n) is 5.01. The zero-order valence-electron chi connectivity index (χ0n) is 16.4. The summed E-state index contributed by atoms with van der Waals surface area (Å²) in [5.74, 6) is -2.18. The van der Waals surface area contributed by atoms with Crippen LogP contribution in [0.3, 0.4) is 0 Å². The molecule has 1 saturated heterocycles. The predicted molar refractivity (Wildman–Crippen MR) is 106 cm³/mol. The number of rotatable bonds is 5. The zero-order chi connectivity index (χ0) is 21.3. The Morgan fingerprint density at radius 2 is 1.97 bits per heavy atom. The normalized spacial score (nSPS) is 16.1. The van der Waals surface area contributed by atoms with Crippen LogP contribution >= 0.6 is 0 Å². The van der Waals surface area contributed by atoms with Gasteiger partial charge in [0.25, 0.3) is 0 Å². The van der Waals surface area contributed by atoms with Crippen LogP contribution in [0.15, 0.2) is 30.3 Å². The van der Waals surface area contributed by atoms with Gasteiger partial charge in [-0.15, -0.1) is 0 Å². The molecule has 2 aromatic rings. The maximum absolute atomic E-state index is 14.1. The van der Waals surface area contributed by atoms with Gasteiger partial charge < -0.3 is 20.7 Å². The van der Waals surface area contributed by atoms with E-state index in [1.165, 1.54) is 25.0 Å². The number of halogens is 1. The molecule has 1 aliphatic heterocycles. The minimum Gasteiger partial charge on any atom is -0.495 e. The number of nitrogens with two attached hydrogens (primary N) is 1. The van der Waals surface area contributed by atoms with E-state index in [1.54, 1.807) is 6.07 Å². The van der Waals surface area contributed by atoms with Crippen molar-refractivity contribution in [2.24, 2.45) is 11.7 Å². The molecule has 152 valence electrons. The highest BCUT2D eigenvalue weighted by molar-refractivity contribution is 6.05. The summed E-state index contributed by atoms with van der Waals surface area (Å²) >= 11 is 0. The highest BCUT2D eigenvalue weighted by atomic mass is 19.1. The minimum atomic E-state index is -0.798. The average Bonchev–Trinajstić information content (AvgIpc) is 3.06. The average molecular weight is 399 g/mol. The lowest BCUT2D eigenvalue weighted by Gasteiger charge is -2.20. The number of ether oxygens (including phenoxy) is 1. The first kappa shape index (κ1) is 20.3. The quantitative estimate of drug-likeness (QED) is 0.807. The number of nitrogens with one attached hydrogen (secondary N) is 1. The Hall–Kier alpha value is -3.42. The van der Waals surface area contributed by atoms with Crippen molar-refractivity contribution in [1.29, 1.82) is 0 Å². The van der Waals surface area contributed by atoms with E-state index in [9.17, 15) is 18.8 Å². The molecular formula is C21H22FN3O4. The number of hydrogen-bond donors (Lipinski definition) is 2. The Morgan fingerprint density at radius 1 is 1.24 bits per heavy atom. The monoisotopic (exact) mass is 399 g/mol. The molecule has 1 unspecified atom stereocenters. The van der Waals surface area contributed by atoms with Crippen LogP contribution in [0.5, 0.6) is 5.75 Å². The molecule has 0 aromatic heterocycles. The Balaban J connectivity index is 1.82. The third kappa shape index (κ3) is 4.06. The van der Waals surface area contributed by atoms with Crippen LogP contribution in [0.1, 0.15) is 27.9 Å². The largest absolute Gasteiger partial charge is 0.495 e. The maximum atomic E-state index is 14.1. The lowest BCUT2D eigenvalue weighted by molar-refractivity contribution is -0.122. The number of carbonyl (C=O) groups is 3. The van der Waals surface area contributed by atoms with Crippen molar-refractivity contribution >= 4 is 29.1 Å². The van der Waals surface area contributed by atoms with Crippen LogP contribution in [0.4, 0.5) is 15.8 Å².